The van der Waals surface area contributed by atoms with Gasteiger partial charge in [0.2, 0.25) is 0 Å². The third-order valence-electron chi connectivity index (χ3n) is 3.67. The monoisotopic (exact) mass is 254 g/mol. The van der Waals surface area contributed by atoms with E-state index in [4.69, 9.17) is 4.74 Å². The Hall–Kier alpha value is -1.80. The van der Waals surface area contributed by atoms with Crippen LogP contribution in [0.4, 0.5) is 0 Å². The molecule has 0 saturated carbocycles. The molecular weight excluding hydrogens is 236 g/mol. The molecule has 2 nitrogen and oxygen atoms in total. The molecule has 0 spiro atoms. The van der Waals surface area contributed by atoms with Gasteiger partial charge in [-0.15, -0.1) is 0 Å². The molecule has 2 aromatic carbocycles. The van der Waals surface area contributed by atoms with Crippen LogP contribution in [-0.2, 0) is 12.8 Å². The Kier molecular flexibility index (Phi) is 3.26. The van der Waals surface area contributed by atoms with Crippen molar-refractivity contribution >= 4 is 0 Å². The van der Waals surface area contributed by atoms with Crippen molar-refractivity contribution in [1.82, 2.24) is 0 Å². The third kappa shape index (κ3) is 2.49. The van der Waals surface area contributed by atoms with Gasteiger partial charge in [-0.1, -0.05) is 24.3 Å². The first-order chi connectivity index (χ1) is 9.24. The number of aryl methyl sites for hydroxylation is 2. The molecule has 0 saturated heterocycles. The summed E-state index contributed by atoms with van der Waals surface area (Å²) in [5, 5.41) is 9.76. The minimum Gasteiger partial charge on any atom is -0.457 e. The van der Waals surface area contributed by atoms with Gasteiger partial charge < -0.3 is 9.84 Å². The van der Waals surface area contributed by atoms with Crippen molar-refractivity contribution in [1.29, 1.82) is 0 Å². The van der Waals surface area contributed by atoms with Crippen molar-refractivity contribution in [2.24, 2.45) is 0 Å². The summed E-state index contributed by atoms with van der Waals surface area (Å²) in [6.45, 7) is 1.75. The number of benzene rings is 2. The molecule has 1 aliphatic carbocycles. The summed E-state index contributed by atoms with van der Waals surface area (Å²) in [5.74, 6) is 1.59. The van der Waals surface area contributed by atoms with E-state index in [1.165, 1.54) is 24.0 Å². The van der Waals surface area contributed by atoms with Gasteiger partial charge in [0.1, 0.15) is 11.5 Å². The highest BCUT2D eigenvalue weighted by molar-refractivity contribution is 5.43. The molecule has 1 aliphatic rings. The molecule has 0 bridgehead atoms. The van der Waals surface area contributed by atoms with E-state index in [2.05, 4.69) is 12.1 Å². The Labute approximate surface area is 113 Å². The van der Waals surface area contributed by atoms with Crippen molar-refractivity contribution in [3.63, 3.8) is 0 Å². The lowest BCUT2D eigenvalue weighted by Gasteiger charge is -2.13. The molecule has 98 valence electrons. The summed E-state index contributed by atoms with van der Waals surface area (Å²) in [4.78, 5) is 0. The van der Waals surface area contributed by atoms with E-state index in [1.54, 1.807) is 6.92 Å². The van der Waals surface area contributed by atoms with Crippen molar-refractivity contribution in [2.75, 3.05) is 0 Å². The number of aliphatic hydroxyl groups is 1. The molecule has 0 radical (unpaired) electrons. The molecule has 1 atom stereocenters. The lowest BCUT2D eigenvalue weighted by atomic mass is 10.1. The number of fused-ring (bicyclic) bond motifs is 1. The number of hydrogen-bond acceptors (Lipinski definition) is 2. The molecule has 19 heavy (non-hydrogen) atoms. The topological polar surface area (TPSA) is 29.5 Å². The van der Waals surface area contributed by atoms with Gasteiger partial charge in [-0.3, -0.25) is 0 Å². The first-order valence-corrected chi connectivity index (χ1v) is 6.80. The number of aliphatic hydroxyl groups excluding tert-OH is 1. The maximum Gasteiger partial charge on any atom is 0.133 e. The number of ether oxygens (including phenoxy) is 1. The second kappa shape index (κ2) is 5.06. The van der Waals surface area contributed by atoms with Gasteiger partial charge in [0.15, 0.2) is 0 Å². The van der Waals surface area contributed by atoms with Crippen LogP contribution < -0.4 is 4.74 Å². The summed E-state index contributed by atoms with van der Waals surface area (Å²) in [5.41, 5.74) is 3.66. The molecule has 0 unspecified atom stereocenters. The molecule has 2 aromatic rings. The molecule has 2 heteroatoms. The Morgan fingerprint density at radius 2 is 1.84 bits per heavy atom. The quantitative estimate of drug-likeness (QED) is 0.896. The molecule has 1 N–H and O–H groups in total. The lowest BCUT2D eigenvalue weighted by molar-refractivity contribution is 0.195. The fraction of sp³-hybridized carbons (Fsp3) is 0.294. The highest BCUT2D eigenvalue weighted by atomic mass is 16.5. The van der Waals surface area contributed by atoms with Gasteiger partial charge in [-0.05, 0) is 55.5 Å². The van der Waals surface area contributed by atoms with Gasteiger partial charge in [0.05, 0.1) is 6.10 Å². The first kappa shape index (κ1) is 12.2. The third-order valence-corrected chi connectivity index (χ3v) is 3.67. The van der Waals surface area contributed by atoms with Crippen LogP contribution in [0.2, 0.25) is 0 Å². The molecule has 0 amide bonds. The zero-order valence-corrected chi connectivity index (χ0v) is 11.1. The van der Waals surface area contributed by atoms with Crippen LogP contribution in [0.5, 0.6) is 11.5 Å². The SMILES string of the molecule is C[C@@H](O)c1ccccc1Oc1ccc2c(c1)CCC2. The number of para-hydroxylation sites is 1. The van der Waals surface area contributed by atoms with E-state index in [0.29, 0.717) is 0 Å². The van der Waals surface area contributed by atoms with E-state index in [-0.39, 0.29) is 0 Å². The fourth-order valence-corrected chi connectivity index (χ4v) is 2.66. The number of hydrogen-bond donors (Lipinski definition) is 1. The maximum atomic E-state index is 9.76. The summed E-state index contributed by atoms with van der Waals surface area (Å²) in [6, 6.07) is 13.9. The normalized spacial score (nSPS) is 15.1. The zero-order chi connectivity index (χ0) is 13.2. The minimum atomic E-state index is -0.523. The lowest BCUT2D eigenvalue weighted by Crippen LogP contribution is -1.96. The van der Waals surface area contributed by atoms with Crippen molar-refractivity contribution < 1.29 is 9.84 Å². The Bertz CT molecular complexity index is 588. The predicted octanol–water partition coefficient (Wildman–Crippen LogP) is 4.02. The summed E-state index contributed by atoms with van der Waals surface area (Å²) < 4.78 is 5.94. The van der Waals surface area contributed by atoms with Crippen molar-refractivity contribution in [3.8, 4) is 11.5 Å². The summed E-state index contributed by atoms with van der Waals surface area (Å²) in [6.07, 6.45) is 3.04. The smallest absolute Gasteiger partial charge is 0.133 e. The largest absolute Gasteiger partial charge is 0.457 e. The van der Waals surface area contributed by atoms with E-state index in [9.17, 15) is 5.11 Å². The zero-order valence-electron chi connectivity index (χ0n) is 11.1. The van der Waals surface area contributed by atoms with Gasteiger partial charge in [0, 0.05) is 5.56 Å². The van der Waals surface area contributed by atoms with Crippen LogP contribution in [0.15, 0.2) is 42.5 Å². The molecular formula is C17H18O2. The molecule has 3 rings (SSSR count). The average molecular weight is 254 g/mol. The summed E-state index contributed by atoms with van der Waals surface area (Å²) >= 11 is 0. The standard InChI is InChI=1S/C17H18O2/c1-12(18)16-7-2-3-8-17(16)19-15-10-9-13-5-4-6-14(13)11-15/h2-3,7-12,18H,4-6H2,1H3/t12-/m1/s1. The van der Waals surface area contributed by atoms with Gasteiger partial charge in [0.25, 0.3) is 0 Å². The van der Waals surface area contributed by atoms with Crippen molar-refractivity contribution in [3.05, 3.63) is 59.2 Å². The van der Waals surface area contributed by atoms with Crippen LogP contribution in [0, 0.1) is 0 Å². The Balaban J connectivity index is 1.89. The molecule has 0 heterocycles. The van der Waals surface area contributed by atoms with Gasteiger partial charge in [-0.25, -0.2) is 0 Å². The van der Waals surface area contributed by atoms with Crippen molar-refractivity contribution in [2.45, 2.75) is 32.3 Å². The average Bonchev–Trinajstić information content (AvgIpc) is 2.86. The van der Waals surface area contributed by atoms with Crippen LogP contribution in [0.25, 0.3) is 0 Å². The first-order valence-electron chi connectivity index (χ1n) is 6.80. The highest BCUT2D eigenvalue weighted by Gasteiger charge is 2.13. The highest BCUT2D eigenvalue weighted by Crippen LogP contribution is 2.32. The second-order valence-corrected chi connectivity index (χ2v) is 5.10. The van der Waals surface area contributed by atoms with Crippen LogP contribution in [0.3, 0.4) is 0 Å². The van der Waals surface area contributed by atoms with Gasteiger partial charge >= 0.3 is 0 Å². The van der Waals surface area contributed by atoms with Gasteiger partial charge in [-0.2, -0.15) is 0 Å². The Morgan fingerprint density at radius 1 is 1.05 bits per heavy atom. The number of rotatable bonds is 3. The van der Waals surface area contributed by atoms with E-state index in [1.807, 2.05) is 30.3 Å². The molecule has 0 aromatic heterocycles. The minimum absolute atomic E-state index is 0.523. The Morgan fingerprint density at radius 3 is 2.68 bits per heavy atom. The maximum absolute atomic E-state index is 9.76. The van der Waals surface area contributed by atoms with Crippen LogP contribution in [0.1, 0.15) is 36.1 Å². The van der Waals surface area contributed by atoms with E-state index >= 15 is 0 Å². The predicted molar refractivity (Wildman–Crippen MR) is 75.6 cm³/mol. The van der Waals surface area contributed by atoms with Crippen LogP contribution >= 0.6 is 0 Å². The second-order valence-electron chi connectivity index (χ2n) is 5.10. The summed E-state index contributed by atoms with van der Waals surface area (Å²) in [7, 11) is 0. The fourth-order valence-electron chi connectivity index (χ4n) is 2.66. The van der Waals surface area contributed by atoms with E-state index in [0.717, 1.165) is 23.5 Å². The molecule has 0 aliphatic heterocycles. The van der Waals surface area contributed by atoms with E-state index < -0.39 is 6.10 Å². The van der Waals surface area contributed by atoms with Crippen LogP contribution in [-0.4, -0.2) is 5.11 Å². The molecule has 0 fully saturated rings.